The molecule has 2 aromatic heterocycles. The largest absolute Gasteiger partial charge is 0.441 e. The van der Waals surface area contributed by atoms with E-state index in [-0.39, 0.29) is 0 Å². The van der Waals surface area contributed by atoms with Crippen LogP contribution in [0.15, 0.2) is 64.6 Å². The van der Waals surface area contributed by atoms with Crippen LogP contribution in [-0.4, -0.2) is 16.2 Å². The first-order chi connectivity index (χ1) is 16.0. The number of ether oxygens (including phenoxy) is 1. The maximum Gasteiger partial charge on any atom is 0.412 e. The van der Waals surface area contributed by atoms with E-state index in [0.717, 1.165) is 16.1 Å². The van der Waals surface area contributed by atoms with E-state index in [0.29, 0.717) is 29.1 Å². The SMILES string of the molecule is Cc1noc(-c2ccc(C#CCc3nccs3)cc2)c1NC(=O)OC(C)c1ccccc1F. The molecule has 2 heterocycles. The summed E-state index contributed by atoms with van der Waals surface area (Å²) in [7, 11) is 0. The maximum atomic E-state index is 14.0. The van der Waals surface area contributed by atoms with Crippen molar-refractivity contribution in [1.82, 2.24) is 10.1 Å². The Balaban J connectivity index is 1.44. The summed E-state index contributed by atoms with van der Waals surface area (Å²) in [6.45, 7) is 3.31. The molecule has 33 heavy (non-hydrogen) atoms. The van der Waals surface area contributed by atoms with Crippen molar-refractivity contribution in [2.75, 3.05) is 5.32 Å². The third kappa shape index (κ3) is 5.45. The minimum atomic E-state index is -0.767. The predicted octanol–water partition coefficient (Wildman–Crippen LogP) is 6.15. The van der Waals surface area contributed by atoms with Crippen molar-refractivity contribution in [3.8, 4) is 23.2 Å². The second-order valence-corrected chi connectivity index (χ2v) is 8.13. The highest BCUT2D eigenvalue weighted by Crippen LogP contribution is 2.31. The molecule has 6 nitrogen and oxygen atoms in total. The molecule has 0 aliphatic rings. The standard InChI is InChI=1S/C25H20FN3O3S/c1-16-23(28-25(30)31-17(2)20-7-3-4-8-21(20)26)24(32-29-16)19-12-10-18(11-13-19)6-5-9-22-27-14-15-33-22/h3-4,7-8,10-15,17H,9H2,1-2H3,(H,28,30). The monoisotopic (exact) mass is 461 g/mol. The summed E-state index contributed by atoms with van der Waals surface area (Å²) in [4.78, 5) is 16.7. The lowest BCUT2D eigenvalue weighted by molar-refractivity contribution is 0.119. The summed E-state index contributed by atoms with van der Waals surface area (Å²) < 4.78 is 24.7. The maximum absolute atomic E-state index is 14.0. The highest BCUT2D eigenvalue weighted by atomic mass is 32.1. The zero-order valence-corrected chi connectivity index (χ0v) is 18.8. The Morgan fingerprint density at radius 2 is 2.03 bits per heavy atom. The van der Waals surface area contributed by atoms with E-state index in [9.17, 15) is 9.18 Å². The van der Waals surface area contributed by atoms with E-state index in [1.54, 1.807) is 49.6 Å². The fraction of sp³-hybridized carbons (Fsp3) is 0.160. The number of thiazole rings is 1. The van der Waals surface area contributed by atoms with Gasteiger partial charge in [-0.3, -0.25) is 5.32 Å². The smallest absolute Gasteiger partial charge is 0.412 e. The fourth-order valence-electron chi connectivity index (χ4n) is 3.14. The van der Waals surface area contributed by atoms with Gasteiger partial charge in [-0.25, -0.2) is 14.2 Å². The Hall–Kier alpha value is -3.96. The molecule has 1 amide bonds. The average Bonchev–Trinajstić information content (AvgIpc) is 3.45. The van der Waals surface area contributed by atoms with Crippen molar-refractivity contribution in [3.05, 3.63) is 87.8 Å². The quantitative estimate of drug-likeness (QED) is 0.361. The lowest BCUT2D eigenvalue weighted by atomic mass is 10.1. The Kier molecular flexibility index (Phi) is 6.81. The lowest BCUT2D eigenvalue weighted by Crippen LogP contribution is -2.17. The van der Waals surface area contributed by atoms with E-state index in [1.807, 2.05) is 29.6 Å². The molecule has 0 bridgehead atoms. The zero-order valence-electron chi connectivity index (χ0n) is 18.0. The molecule has 1 unspecified atom stereocenters. The third-order valence-corrected chi connectivity index (χ3v) is 5.60. The molecule has 166 valence electrons. The number of halogens is 1. The summed E-state index contributed by atoms with van der Waals surface area (Å²) in [5.74, 6) is 6.17. The van der Waals surface area contributed by atoms with Crippen LogP contribution in [0.5, 0.6) is 0 Å². The number of benzene rings is 2. The van der Waals surface area contributed by atoms with E-state index >= 15 is 0 Å². The predicted molar refractivity (Wildman–Crippen MR) is 124 cm³/mol. The molecule has 1 atom stereocenters. The van der Waals surface area contributed by atoms with Crippen molar-refractivity contribution >= 4 is 23.1 Å². The molecule has 8 heteroatoms. The minimum absolute atomic E-state index is 0.293. The van der Waals surface area contributed by atoms with Crippen molar-refractivity contribution in [1.29, 1.82) is 0 Å². The molecular formula is C25H20FN3O3S. The number of hydrogen-bond acceptors (Lipinski definition) is 6. The summed E-state index contributed by atoms with van der Waals surface area (Å²) in [5, 5.41) is 9.53. The van der Waals surface area contributed by atoms with Crippen LogP contribution in [0.25, 0.3) is 11.3 Å². The molecule has 0 aliphatic carbocycles. The van der Waals surface area contributed by atoms with Crippen molar-refractivity contribution in [3.63, 3.8) is 0 Å². The van der Waals surface area contributed by atoms with E-state index < -0.39 is 18.0 Å². The van der Waals surface area contributed by atoms with Crippen molar-refractivity contribution in [2.24, 2.45) is 0 Å². The number of aromatic nitrogens is 2. The molecular weight excluding hydrogens is 441 g/mol. The summed E-state index contributed by atoms with van der Waals surface area (Å²) in [5.41, 5.74) is 2.75. The molecule has 0 saturated heterocycles. The Labute approximate surface area is 194 Å². The van der Waals surface area contributed by atoms with Gasteiger partial charge in [0.1, 0.15) is 28.3 Å². The molecule has 0 radical (unpaired) electrons. The number of nitrogens with zero attached hydrogens (tertiary/aromatic N) is 2. The molecule has 4 rings (SSSR count). The van der Waals surface area contributed by atoms with Gasteiger partial charge in [0.15, 0.2) is 5.76 Å². The first-order valence-electron chi connectivity index (χ1n) is 10.2. The minimum Gasteiger partial charge on any atom is -0.441 e. The van der Waals surface area contributed by atoms with Gasteiger partial charge in [-0.1, -0.05) is 35.2 Å². The Bertz CT molecular complexity index is 1300. The van der Waals surface area contributed by atoms with Gasteiger partial charge in [-0.05, 0) is 44.2 Å². The van der Waals surface area contributed by atoms with E-state index in [1.165, 1.54) is 6.07 Å². The average molecular weight is 462 g/mol. The second kappa shape index (κ2) is 10.1. The highest BCUT2D eigenvalue weighted by molar-refractivity contribution is 7.09. The van der Waals surface area contributed by atoms with Gasteiger partial charge >= 0.3 is 6.09 Å². The van der Waals surface area contributed by atoms with Crippen LogP contribution < -0.4 is 5.32 Å². The second-order valence-electron chi connectivity index (χ2n) is 7.15. The molecule has 0 fully saturated rings. The number of hydrogen-bond donors (Lipinski definition) is 1. The molecule has 4 aromatic rings. The Morgan fingerprint density at radius 1 is 1.24 bits per heavy atom. The first-order valence-corrected chi connectivity index (χ1v) is 11.0. The molecule has 0 saturated carbocycles. The summed E-state index contributed by atoms with van der Waals surface area (Å²) >= 11 is 1.57. The van der Waals surface area contributed by atoms with Gasteiger partial charge in [0.2, 0.25) is 0 Å². The number of carbonyl (C=O) groups is 1. The van der Waals surface area contributed by atoms with Gasteiger partial charge in [0.05, 0.1) is 6.42 Å². The van der Waals surface area contributed by atoms with Crippen LogP contribution >= 0.6 is 11.3 Å². The lowest BCUT2D eigenvalue weighted by Gasteiger charge is -2.15. The van der Waals surface area contributed by atoms with Gasteiger partial charge in [0.25, 0.3) is 0 Å². The molecule has 0 spiro atoms. The van der Waals surface area contributed by atoms with Crippen LogP contribution in [0.4, 0.5) is 14.9 Å². The topological polar surface area (TPSA) is 77.3 Å². The number of anilines is 1. The van der Waals surface area contributed by atoms with E-state index in [2.05, 4.69) is 27.3 Å². The molecule has 0 aliphatic heterocycles. The molecule has 2 aromatic carbocycles. The van der Waals surface area contributed by atoms with Gasteiger partial charge in [-0.15, -0.1) is 11.3 Å². The first kappa shape index (κ1) is 22.2. The summed E-state index contributed by atoms with van der Waals surface area (Å²) in [6.07, 6.45) is 0.861. The van der Waals surface area contributed by atoms with Crippen molar-refractivity contribution in [2.45, 2.75) is 26.4 Å². The normalized spacial score (nSPS) is 11.4. The van der Waals surface area contributed by atoms with Crippen LogP contribution in [0.2, 0.25) is 0 Å². The number of amides is 1. The van der Waals surface area contributed by atoms with Crippen LogP contribution in [0, 0.1) is 24.6 Å². The van der Waals surface area contributed by atoms with Gasteiger partial charge in [-0.2, -0.15) is 0 Å². The van der Waals surface area contributed by atoms with Crippen LogP contribution in [0.3, 0.4) is 0 Å². The van der Waals surface area contributed by atoms with Crippen molar-refractivity contribution < 1.29 is 18.4 Å². The third-order valence-electron chi connectivity index (χ3n) is 4.82. The fourth-order valence-corrected chi connectivity index (χ4v) is 3.70. The number of carbonyl (C=O) groups excluding carboxylic acids is 1. The summed E-state index contributed by atoms with van der Waals surface area (Å²) in [6, 6.07) is 13.6. The molecule has 1 N–H and O–H groups in total. The Morgan fingerprint density at radius 3 is 2.76 bits per heavy atom. The van der Waals surface area contributed by atoms with Gasteiger partial charge in [0, 0.05) is 28.3 Å². The van der Waals surface area contributed by atoms with Gasteiger partial charge < -0.3 is 9.26 Å². The highest BCUT2D eigenvalue weighted by Gasteiger charge is 2.20. The number of rotatable bonds is 5. The van der Waals surface area contributed by atoms with E-state index in [4.69, 9.17) is 9.26 Å². The van der Waals surface area contributed by atoms with Crippen LogP contribution in [-0.2, 0) is 11.2 Å². The zero-order chi connectivity index (χ0) is 23.2. The number of nitrogens with one attached hydrogen (secondary N) is 1. The number of aryl methyl sites for hydroxylation is 1. The van der Waals surface area contributed by atoms with Crippen LogP contribution in [0.1, 0.15) is 34.9 Å².